The third kappa shape index (κ3) is 3.40. The lowest BCUT2D eigenvalue weighted by atomic mass is 10.2. The van der Waals surface area contributed by atoms with Gasteiger partial charge in [-0.05, 0) is 55.3 Å². The van der Waals surface area contributed by atoms with Gasteiger partial charge in [-0.25, -0.2) is 4.98 Å². The SMILES string of the molecule is Cc1cc(C)nc(SCc2cc(N)ccc2Cl)c1. The zero-order valence-corrected chi connectivity index (χ0v) is 12.0. The molecular formula is C14H15ClN2S. The molecule has 2 rings (SSSR count). The Morgan fingerprint density at radius 2 is 2.00 bits per heavy atom. The van der Waals surface area contributed by atoms with Crippen LogP contribution in [0.15, 0.2) is 35.4 Å². The average Bonchev–Trinajstić information content (AvgIpc) is 2.29. The Hall–Kier alpha value is -1.19. The second-order valence-corrected chi connectivity index (χ2v) is 5.67. The molecule has 0 saturated carbocycles. The van der Waals surface area contributed by atoms with Crippen LogP contribution in [0, 0.1) is 13.8 Å². The van der Waals surface area contributed by atoms with E-state index in [0.717, 1.165) is 32.7 Å². The molecule has 1 aromatic carbocycles. The number of anilines is 1. The van der Waals surface area contributed by atoms with Crippen LogP contribution in [-0.4, -0.2) is 4.98 Å². The van der Waals surface area contributed by atoms with Crippen molar-refractivity contribution in [2.75, 3.05) is 5.73 Å². The van der Waals surface area contributed by atoms with Crippen LogP contribution >= 0.6 is 23.4 Å². The normalized spacial score (nSPS) is 10.6. The number of hydrogen-bond donors (Lipinski definition) is 1. The Morgan fingerprint density at radius 1 is 1.22 bits per heavy atom. The van der Waals surface area contributed by atoms with Crippen molar-refractivity contribution in [2.45, 2.75) is 24.6 Å². The molecule has 0 amide bonds. The first-order valence-electron chi connectivity index (χ1n) is 5.66. The summed E-state index contributed by atoms with van der Waals surface area (Å²) in [6, 6.07) is 9.71. The molecule has 2 aromatic rings. The number of hydrogen-bond acceptors (Lipinski definition) is 3. The Labute approximate surface area is 117 Å². The molecule has 0 aliphatic carbocycles. The van der Waals surface area contributed by atoms with Crippen LogP contribution in [0.5, 0.6) is 0 Å². The number of pyridine rings is 1. The summed E-state index contributed by atoms with van der Waals surface area (Å²) in [5.74, 6) is 0.778. The summed E-state index contributed by atoms with van der Waals surface area (Å²) >= 11 is 7.81. The number of nitrogen functional groups attached to an aromatic ring is 1. The molecule has 0 radical (unpaired) electrons. The van der Waals surface area contributed by atoms with Crippen molar-refractivity contribution in [3.63, 3.8) is 0 Å². The van der Waals surface area contributed by atoms with E-state index in [1.807, 2.05) is 25.1 Å². The summed E-state index contributed by atoms with van der Waals surface area (Å²) in [6.07, 6.45) is 0. The van der Waals surface area contributed by atoms with Gasteiger partial charge in [0.2, 0.25) is 0 Å². The van der Waals surface area contributed by atoms with Gasteiger partial charge in [0, 0.05) is 22.2 Å². The lowest BCUT2D eigenvalue weighted by Gasteiger charge is -2.06. The summed E-state index contributed by atoms with van der Waals surface area (Å²) in [5, 5.41) is 1.77. The molecule has 18 heavy (non-hydrogen) atoms. The molecule has 2 nitrogen and oxygen atoms in total. The highest BCUT2D eigenvalue weighted by atomic mass is 35.5. The highest BCUT2D eigenvalue weighted by Gasteiger charge is 2.04. The van der Waals surface area contributed by atoms with Gasteiger partial charge in [0.1, 0.15) is 0 Å². The van der Waals surface area contributed by atoms with Crippen molar-refractivity contribution in [1.29, 1.82) is 0 Å². The van der Waals surface area contributed by atoms with Gasteiger partial charge in [0.25, 0.3) is 0 Å². The van der Waals surface area contributed by atoms with Gasteiger partial charge in [0.15, 0.2) is 0 Å². The Balaban J connectivity index is 2.13. The number of thioether (sulfide) groups is 1. The number of aromatic nitrogens is 1. The van der Waals surface area contributed by atoms with Crippen molar-refractivity contribution in [3.8, 4) is 0 Å². The molecule has 2 N–H and O–H groups in total. The second-order valence-electron chi connectivity index (χ2n) is 4.26. The van der Waals surface area contributed by atoms with Crippen molar-refractivity contribution in [3.05, 3.63) is 52.2 Å². The van der Waals surface area contributed by atoms with E-state index >= 15 is 0 Å². The van der Waals surface area contributed by atoms with Gasteiger partial charge >= 0.3 is 0 Å². The van der Waals surface area contributed by atoms with E-state index in [9.17, 15) is 0 Å². The highest BCUT2D eigenvalue weighted by molar-refractivity contribution is 7.98. The molecule has 1 aromatic heterocycles. The van der Waals surface area contributed by atoms with Crippen LogP contribution in [0.25, 0.3) is 0 Å². The topological polar surface area (TPSA) is 38.9 Å². The lowest BCUT2D eigenvalue weighted by Crippen LogP contribution is -1.91. The molecule has 0 aliphatic heterocycles. The fraction of sp³-hybridized carbons (Fsp3) is 0.214. The predicted molar refractivity (Wildman–Crippen MR) is 79.1 cm³/mol. The number of nitrogens with two attached hydrogens (primary N) is 1. The number of nitrogens with zero attached hydrogens (tertiary/aromatic N) is 1. The minimum Gasteiger partial charge on any atom is -0.399 e. The second kappa shape index (κ2) is 5.63. The van der Waals surface area contributed by atoms with Crippen LogP contribution in [0.2, 0.25) is 5.02 Å². The van der Waals surface area contributed by atoms with E-state index in [2.05, 4.69) is 24.0 Å². The molecule has 0 fully saturated rings. The number of halogens is 1. The van der Waals surface area contributed by atoms with Crippen molar-refractivity contribution < 1.29 is 0 Å². The van der Waals surface area contributed by atoms with Crippen LogP contribution in [0.4, 0.5) is 5.69 Å². The van der Waals surface area contributed by atoms with Crippen LogP contribution < -0.4 is 5.73 Å². The number of benzene rings is 1. The van der Waals surface area contributed by atoms with Crippen LogP contribution in [0.3, 0.4) is 0 Å². The largest absolute Gasteiger partial charge is 0.399 e. The van der Waals surface area contributed by atoms with Crippen molar-refractivity contribution >= 4 is 29.1 Å². The third-order valence-electron chi connectivity index (χ3n) is 2.52. The van der Waals surface area contributed by atoms with E-state index in [-0.39, 0.29) is 0 Å². The maximum Gasteiger partial charge on any atom is 0.0968 e. The smallest absolute Gasteiger partial charge is 0.0968 e. The minimum absolute atomic E-state index is 0.739. The van der Waals surface area contributed by atoms with Gasteiger partial charge in [-0.15, -0.1) is 11.8 Å². The lowest BCUT2D eigenvalue weighted by molar-refractivity contribution is 1.05. The van der Waals surface area contributed by atoms with Gasteiger partial charge in [-0.1, -0.05) is 11.6 Å². The summed E-state index contributed by atoms with van der Waals surface area (Å²) < 4.78 is 0. The maximum absolute atomic E-state index is 6.14. The fourth-order valence-electron chi connectivity index (χ4n) is 1.74. The van der Waals surface area contributed by atoms with E-state index in [1.165, 1.54) is 5.56 Å². The zero-order valence-electron chi connectivity index (χ0n) is 10.4. The molecule has 0 atom stereocenters. The predicted octanol–water partition coefficient (Wildman–Crippen LogP) is 4.23. The van der Waals surface area contributed by atoms with Gasteiger partial charge in [-0.2, -0.15) is 0 Å². The van der Waals surface area contributed by atoms with Crippen LogP contribution in [-0.2, 0) is 5.75 Å². The van der Waals surface area contributed by atoms with Gasteiger partial charge < -0.3 is 5.73 Å². The van der Waals surface area contributed by atoms with E-state index in [1.54, 1.807) is 11.8 Å². The molecule has 94 valence electrons. The Bertz CT molecular complexity index is 549. The summed E-state index contributed by atoms with van der Waals surface area (Å²) in [4.78, 5) is 4.49. The first-order chi connectivity index (χ1) is 8.54. The molecule has 0 aliphatic rings. The summed E-state index contributed by atoms with van der Waals surface area (Å²) in [6.45, 7) is 4.08. The van der Waals surface area contributed by atoms with E-state index < -0.39 is 0 Å². The molecule has 0 spiro atoms. The highest BCUT2D eigenvalue weighted by Crippen LogP contribution is 2.27. The zero-order chi connectivity index (χ0) is 13.1. The Morgan fingerprint density at radius 3 is 2.72 bits per heavy atom. The quantitative estimate of drug-likeness (QED) is 0.675. The molecule has 0 saturated heterocycles. The van der Waals surface area contributed by atoms with Gasteiger partial charge in [0.05, 0.1) is 5.03 Å². The minimum atomic E-state index is 0.739. The fourth-order valence-corrected chi connectivity index (χ4v) is 3.02. The first-order valence-corrected chi connectivity index (χ1v) is 7.03. The average molecular weight is 279 g/mol. The molecule has 0 bridgehead atoms. The summed E-state index contributed by atoms with van der Waals surface area (Å²) in [5.41, 5.74) is 9.81. The standard InChI is InChI=1S/C14H15ClN2S/c1-9-5-10(2)17-14(6-9)18-8-11-7-12(16)3-4-13(11)15/h3-7H,8,16H2,1-2H3. The molecular weight excluding hydrogens is 264 g/mol. The monoisotopic (exact) mass is 278 g/mol. The van der Waals surface area contributed by atoms with E-state index in [0.29, 0.717) is 0 Å². The molecule has 1 heterocycles. The summed E-state index contributed by atoms with van der Waals surface area (Å²) in [7, 11) is 0. The van der Waals surface area contributed by atoms with Crippen molar-refractivity contribution in [2.24, 2.45) is 0 Å². The van der Waals surface area contributed by atoms with Crippen molar-refractivity contribution in [1.82, 2.24) is 4.98 Å². The molecule has 0 unspecified atom stereocenters. The third-order valence-corrected chi connectivity index (χ3v) is 3.85. The molecule has 4 heteroatoms. The first kappa shape index (κ1) is 13.2. The van der Waals surface area contributed by atoms with Gasteiger partial charge in [-0.3, -0.25) is 0 Å². The maximum atomic E-state index is 6.14. The number of aryl methyl sites for hydroxylation is 2. The van der Waals surface area contributed by atoms with Crippen LogP contribution in [0.1, 0.15) is 16.8 Å². The van der Waals surface area contributed by atoms with E-state index in [4.69, 9.17) is 17.3 Å². The Kier molecular flexibility index (Phi) is 4.15. The number of rotatable bonds is 3.